The first-order chi connectivity index (χ1) is 7.15. The predicted molar refractivity (Wildman–Crippen MR) is 51.9 cm³/mol. The summed E-state index contributed by atoms with van der Waals surface area (Å²) in [6.07, 6.45) is 0.305. The number of carboxylic acid groups (broad SMARTS) is 1. The van der Waals surface area contributed by atoms with E-state index < -0.39 is 17.3 Å². The van der Waals surface area contributed by atoms with Crippen molar-refractivity contribution in [1.29, 1.82) is 0 Å². The standard InChI is InChI=1S/C11H9FO3/c12-10-5-4-8(3-1-2-6-13)7-9(10)11(14)15/h4-5,7,13H,2,6H2,(H,14,15). The summed E-state index contributed by atoms with van der Waals surface area (Å²) in [5.74, 6) is 3.15. The number of benzene rings is 1. The molecule has 0 bridgehead atoms. The molecule has 0 radical (unpaired) electrons. The van der Waals surface area contributed by atoms with Crippen LogP contribution in [0.1, 0.15) is 22.3 Å². The van der Waals surface area contributed by atoms with Crippen LogP contribution in [0.5, 0.6) is 0 Å². The van der Waals surface area contributed by atoms with Gasteiger partial charge in [-0.25, -0.2) is 9.18 Å². The molecule has 15 heavy (non-hydrogen) atoms. The van der Waals surface area contributed by atoms with Crippen molar-refractivity contribution in [3.8, 4) is 11.8 Å². The third kappa shape index (κ3) is 3.08. The van der Waals surface area contributed by atoms with Crippen LogP contribution in [-0.2, 0) is 0 Å². The lowest BCUT2D eigenvalue weighted by atomic mass is 10.1. The van der Waals surface area contributed by atoms with E-state index in [0.29, 0.717) is 12.0 Å². The Morgan fingerprint density at radius 1 is 1.47 bits per heavy atom. The molecule has 0 aromatic heterocycles. The molecule has 0 aliphatic carbocycles. The van der Waals surface area contributed by atoms with Crippen molar-refractivity contribution in [2.75, 3.05) is 6.61 Å². The lowest BCUT2D eigenvalue weighted by molar-refractivity contribution is 0.0692. The van der Waals surface area contributed by atoms with Crippen molar-refractivity contribution in [2.24, 2.45) is 0 Å². The monoisotopic (exact) mass is 208 g/mol. The molecule has 0 saturated carbocycles. The summed E-state index contributed by atoms with van der Waals surface area (Å²) in [7, 11) is 0. The molecule has 0 unspecified atom stereocenters. The molecule has 78 valence electrons. The largest absolute Gasteiger partial charge is 0.478 e. The number of hydrogen-bond acceptors (Lipinski definition) is 2. The maximum atomic E-state index is 12.9. The summed E-state index contributed by atoms with van der Waals surface area (Å²) in [4.78, 5) is 10.6. The van der Waals surface area contributed by atoms with Crippen LogP contribution in [0.2, 0.25) is 0 Å². The fraction of sp³-hybridized carbons (Fsp3) is 0.182. The minimum atomic E-state index is -1.32. The third-order valence-electron chi connectivity index (χ3n) is 1.67. The molecule has 4 heteroatoms. The lowest BCUT2D eigenvalue weighted by Crippen LogP contribution is -2.00. The third-order valence-corrected chi connectivity index (χ3v) is 1.67. The van der Waals surface area contributed by atoms with Crippen LogP contribution >= 0.6 is 0 Å². The maximum absolute atomic E-state index is 12.9. The number of aliphatic hydroxyl groups excluding tert-OH is 1. The number of carbonyl (C=O) groups is 1. The lowest BCUT2D eigenvalue weighted by Gasteiger charge is -1.97. The quantitative estimate of drug-likeness (QED) is 0.719. The van der Waals surface area contributed by atoms with E-state index in [1.54, 1.807) is 0 Å². The van der Waals surface area contributed by atoms with Crippen LogP contribution in [0.3, 0.4) is 0 Å². The molecule has 0 fully saturated rings. The van der Waals surface area contributed by atoms with Gasteiger partial charge in [-0.05, 0) is 18.2 Å². The maximum Gasteiger partial charge on any atom is 0.338 e. The zero-order valence-electron chi connectivity index (χ0n) is 7.83. The summed E-state index contributed by atoms with van der Waals surface area (Å²) in [6, 6.07) is 3.63. The van der Waals surface area contributed by atoms with Crippen molar-refractivity contribution in [2.45, 2.75) is 6.42 Å². The molecular weight excluding hydrogens is 199 g/mol. The molecule has 0 saturated heterocycles. The van der Waals surface area contributed by atoms with E-state index in [1.165, 1.54) is 12.1 Å². The van der Waals surface area contributed by atoms with Gasteiger partial charge in [0.2, 0.25) is 0 Å². The Bertz CT molecular complexity index is 429. The van der Waals surface area contributed by atoms with E-state index in [-0.39, 0.29) is 6.61 Å². The van der Waals surface area contributed by atoms with Crippen molar-refractivity contribution in [3.05, 3.63) is 35.1 Å². The molecule has 0 atom stereocenters. The zero-order chi connectivity index (χ0) is 11.3. The second kappa shape index (κ2) is 5.13. The van der Waals surface area contributed by atoms with E-state index in [1.807, 2.05) is 0 Å². The highest BCUT2D eigenvalue weighted by molar-refractivity contribution is 5.88. The van der Waals surface area contributed by atoms with Gasteiger partial charge in [0.05, 0.1) is 12.2 Å². The van der Waals surface area contributed by atoms with Gasteiger partial charge in [0, 0.05) is 12.0 Å². The Kier molecular flexibility index (Phi) is 3.83. The van der Waals surface area contributed by atoms with E-state index in [4.69, 9.17) is 10.2 Å². The Morgan fingerprint density at radius 3 is 2.80 bits per heavy atom. The first-order valence-electron chi connectivity index (χ1n) is 4.27. The Labute approximate surface area is 86.2 Å². The zero-order valence-corrected chi connectivity index (χ0v) is 7.83. The van der Waals surface area contributed by atoms with Crippen molar-refractivity contribution in [1.82, 2.24) is 0 Å². The number of rotatable bonds is 2. The minimum absolute atomic E-state index is 0.0556. The molecular formula is C11H9FO3. The molecule has 0 spiro atoms. The second-order valence-corrected chi connectivity index (χ2v) is 2.78. The molecule has 0 aliphatic heterocycles. The number of aliphatic hydroxyl groups is 1. The SMILES string of the molecule is O=C(O)c1cc(C#CCCO)ccc1F. The highest BCUT2D eigenvalue weighted by Crippen LogP contribution is 2.09. The molecule has 0 aliphatic rings. The topological polar surface area (TPSA) is 57.5 Å². The molecule has 1 rings (SSSR count). The summed E-state index contributed by atoms with van der Waals surface area (Å²) in [5, 5.41) is 17.1. The highest BCUT2D eigenvalue weighted by atomic mass is 19.1. The first kappa shape index (κ1) is 11.2. The van der Waals surface area contributed by atoms with Gasteiger partial charge in [-0.1, -0.05) is 11.8 Å². The Hall–Kier alpha value is -1.86. The molecule has 0 heterocycles. The van der Waals surface area contributed by atoms with Crippen LogP contribution in [0.15, 0.2) is 18.2 Å². The summed E-state index contributed by atoms with van der Waals surface area (Å²) >= 11 is 0. The van der Waals surface area contributed by atoms with Gasteiger partial charge >= 0.3 is 5.97 Å². The van der Waals surface area contributed by atoms with Crippen molar-refractivity contribution in [3.63, 3.8) is 0 Å². The number of aromatic carboxylic acids is 1. The highest BCUT2D eigenvalue weighted by Gasteiger charge is 2.09. The Balaban J connectivity index is 2.99. The van der Waals surface area contributed by atoms with E-state index in [9.17, 15) is 9.18 Å². The van der Waals surface area contributed by atoms with Gasteiger partial charge in [-0.3, -0.25) is 0 Å². The average molecular weight is 208 g/mol. The molecule has 0 amide bonds. The van der Waals surface area contributed by atoms with Gasteiger partial charge < -0.3 is 10.2 Å². The summed E-state index contributed by atoms with van der Waals surface area (Å²) < 4.78 is 12.9. The second-order valence-electron chi connectivity index (χ2n) is 2.78. The Morgan fingerprint density at radius 2 is 2.20 bits per heavy atom. The van der Waals surface area contributed by atoms with Gasteiger partial charge in [0.1, 0.15) is 5.82 Å². The van der Waals surface area contributed by atoms with Gasteiger partial charge in [0.25, 0.3) is 0 Å². The van der Waals surface area contributed by atoms with E-state index in [2.05, 4.69) is 11.8 Å². The van der Waals surface area contributed by atoms with E-state index >= 15 is 0 Å². The van der Waals surface area contributed by atoms with Gasteiger partial charge in [0.15, 0.2) is 0 Å². The smallest absolute Gasteiger partial charge is 0.338 e. The number of hydrogen-bond donors (Lipinski definition) is 2. The van der Waals surface area contributed by atoms with Crippen molar-refractivity contribution >= 4 is 5.97 Å². The fourth-order valence-electron chi connectivity index (χ4n) is 0.987. The predicted octanol–water partition coefficient (Wildman–Crippen LogP) is 1.26. The number of halogens is 1. The average Bonchev–Trinajstić information content (AvgIpc) is 2.20. The normalized spacial score (nSPS) is 9.20. The minimum Gasteiger partial charge on any atom is -0.478 e. The summed E-state index contributed by atoms with van der Waals surface area (Å²) in [6.45, 7) is -0.0556. The van der Waals surface area contributed by atoms with Gasteiger partial charge in [-0.2, -0.15) is 0 Å². The molecule has 3 nitrogen and oxygen atoms in total. The summed E-state index contributed by atoms with van der Waals surface area (Å²) in [5.41, 5.74) is 0.0213. The van der Waals surface area contributed by atoms with Crippen LogP contribution in [0.25, 0.3) is 0 Å². The van der Waals surface area contributed by atoms with Crippen LogP contribution in [0, 0.1) is 17.7 Å². The van der Waals surface area contributed by atoms with Gasteiger partial charge in [-0.15, -0.1) is 0 Å². The van der Waals surface area contributed by atoms with E-state index in [0.717, 1.165) is 6.07 Å². The van der Waals surface area contributed by atoms with Crippen molar-refractivity contribution < 1.29 is 19.4 Å². The molecule has 1 aromatic carbocycles. The first-order valence-corrected chi connectivity index (χ1v) is 4.27. The van der Waals surface area contributed by atoms with Crippen LogP contribution < -0.4 is 0 Å². The number of carboxylic acids is 1. The molecule has 2 N–H and O–H groups in total. The molecule has 1 aromatic rings. The van der Waals surface area contributed by atoms with Crippen LogP contribution in [-0.4, -0.2) is 22.8 Å². The fourth-order valence-corrected chi connectivity index (χ4v) is 0.987. The van der Waals surface area contributed by atoms with Crippen LogP contribution in [0.4, 0.5) is 4.39 Å².